The highest BCUT2D eigenvalue weighted by Gasteiger charge is 2.19. The molecule has 3 nitrogen and oxygen atoms in total. The Morgan fingerprint density at radius 1 is 1.64 bits per heavy atom. The van der Waals surface area contributed by atoms with Crippen molar-refractivity contribution >= 4 is 5.78 Å². The Labute approximate surface area is 68.1 Å². The minimum absolute atomic E-state index is 0.0394. The van der Waals surface area contributed by atoms with Crippen LogP contribution in [0.3, 0.4) is 0 Å². The molecule has 0 saturated carbocycles. The molecular formula is C8H17NO2. The van der Waals surface area contributed by atoms with Crippen LogP contribution in [0.15, 0.2) is 0 Å². The van der Waals surface area contributed by atoms with E-state index in [0.717, 1.165) is 0 Å². The molecule has 0 aromatic carbocycles. The lowest BCUT2D eigenvalue weighted by atomic mass is 10.1. The highest BCUT2D eigenvalue weighted by Crippen LogP contribution is 1.98. The van der Waals surface area contributed by atoms with E-state index in [2.05, 4.69) is 5.32 Å². The molecule has 0 radical (unpaired) electrons. The molecule has 66 valence electrons. The van der Waals surface area contributed by atoms with Crippen LogP contribution >= 0.6 is 0 Å². The molecule has 0 aliphatic heterocycles. The summed E-state index contributed by atoms with van der Waals surface area (Å²) < 4.78 is 5.27. The van der Waals surface area contributed by atoms with E-state index in [1.165, 1.54) is 0 Å². The molecule has 2 unspecified atom stereocenters. The minimum atomic E-state index is -0.171. The first-order valence-corrected chi connectivity index (χ1v) is 3.92. The van der Waals surface area contributed by atoms with Gasteiger partial charge in [-0.3, -0.25) is 4.79 Å². The van der Waals surface area contributed by atoms with Crippen molar-refractivity contribution in [3.05, 3.63) is 0 Å². The second-order valence-corrected chi connectivity index (χ2v) is 2.54. The molecule has 0 saturated heterocycles. The van der Waals surface area contributed by atoms with Crippen LogP contribution in [-0.2, 0) is 9.53 Å². The van der Waals surface area contributed by atoms with Crippen LogP contribution < -0.4 is 5.32 Å². The molecule has 0 aliphatic carbocycles. The Morgan fingerprint density at radius 3 is 2.45 bits per heavy atom. The summed E-state index contributed by atoms with van der Waals surface area (Å²) in [4.78, 5) is 10.9. The first kappa shape index (κ1) is 10.6. The summed E-state index contributed by atoms with van der Waals surface area (Å²) >= 11 is 0. The molecule has 2 atom stereocenters. The van der Waals surface area contributed by atoms with E-state index in [1.807, 2.05) is 13.8 Å². The average molecular weight is 159 g/mol. The molecular weight excluding hydrogens is 142 g/mol. The Balaban J connectivity index is 3.91. The Hall–Kier alpha value is -0.410. The lowest BCUT2D eigenvalue weighted by Gasteiger charge is -2.20. The molecule has 0 amide bonds. The minimum Gasteiger partial charge on any atom is -0.377 e. The van der Waals surface area contributed by atoms with Crippen LogP contribution in [0.5, 0.6) is 0 Å². The number of ether oxygens (including phenoxy) is 1. The molecule has 0 heterocycles. The van der Waals surface area contributed by atoms with Gasteiger partial charge in [-0.05, 0) is 27.8 Å². The number of carbonyl (C=O) groups excluding carboxylic acids is 1. The molecule has 0 fully saturated rings. The smallest absolute Gasteiger partial charge is 0.149 e. The third-order valence-electron chi connectivity index (χ3n) is 1.65. The number of ketones is 1. The van der Waals surface area contributed by atoms with Crippen molar-refractivity contribution in [3.8, 4) is 0 Å². The van der Waals surface area contributed by atoms with Gasteiger partial charge in [0, 0.05) is 6.61 Å². The Morgan fingerprint density at radius 2 is 2.18 bits per heavy atom. The van der Waals surface area contributed by atoms with Crippen molar-refractivity contribution in [2.45, 2.75) is 32.9 Å². The summed E-state index contributed by atoms with van der Waals surface area (Å²) in [5, 5.41) is 2.91. The highest BCUT2D eigenvalue weighted by molar-refractivity contribution is 5.82. The molecule has 0 aromatic rings. The van der Waals surface area contributed by atoms with Gasteiger partial charge in [0.05, 0.1) is 12.1 Å². The summed E-state index contributed by atoms with van der Waals surface area (Å²) in [5.41, 5.74) is 0. The normalized spacial score (nSPS) is 16.0. The maximum Gasteiger partial charge on any atom is 0.149 e. The second kappa shape index (κ2) is 5.27. The SMILES string of the molecule is CCOC(C)C(NC)C(C)=O. The molecule has 1 N–H and O–H groups in total. The second-order valence-electron chi connectivity index (χ2n) is 2.54. The zero-order valence-corrected chi connectivity index (χ0v) is 7.68. The quantitative estimate of drug-likeness (QED) is 0.638. The van der Waals surface area contributed by atoms with Gasteiger partial charge < -0.3 is 10.1 Å². The molecule has 0 bridgehead atoms. The average Bonchev–Trinajstić information content (AvgIpc) is 1.88. The highest BCUT2D eigenvalue weighted by atomic mass is 16.5. The molecule has 0 rings (SSSR count). The zero-order valence-electron chi connectivity index (χ0n) is 7.68. The lowest BCUT2D eigenvalue weighted by molar-refractivity contribution is -0.122. The van der Waals surface area contributed by atoms with Gasteiger partial charge in [0.2, 0.25) is 0 Å². The topological polar surface area (TPSA) is 38.3 Å². The van der Waals surface area contributed by atoms with E-state index < -0.39 is 0 Å². The fourth-order valence-electron chi connectivity index (χ4n) is 1.13. The predicted octanol–water partition coefficient (Wildman–Crippen LogP) is 0.588. The lowest BCUT2D eigenvalue weighted by Crippen LogP contribution is -2.42. The third kappa shape index (κ3) is 3.49. The maximum absolute atomic E-state index is 10.9. The molecule has 0 aliphatic rings. The summed E-state index contributed by atoms with van der Waals surface area (Å²) in [6.45, 7) is 6.03. The van der Waals surface area contributed by atoms with E-state index in [9.17, 15) is 4.79 Å². The predicted molar refractivity (Wildman–Crippen MR) is 44.6 cm³/mol. The van der Waals surface area contributed by atoms with Crippen LogP contribution in [-0.4, -0.2) is 31.6 Å². The number of carbonyl (C=O) groups is 1. The van der Waals surface area contributed by atoms with E-state index in [1.54, 1.807) is 14.0 Å². The van der Waals surface area contributed by atoms with Gasteiger partial charge in [0.25, 0.3) is 0 Å². The standard InChI is InChI=1S/C8H17NO2/c1-5-11-7(3)8(9-4)6(2)10/h7-9H,5H2,1-4H3. The number of rotatable bonds is 5. The number of Topliss-reactive ketones (excluding diaryl/α,β-unsaturated/α-hetero) is 1. The number of likely N-dealkylation sites (N-methyl/N-ethyl adjacent to an activating group) is 1. The van der Waals surface area contributed by atoms with Gasteiger partial charge in [-0.2, -0.15) is 0 Å². The van der Waals surface area contributed by atoms with Gasteiger partial charge in [-0.1, -0.05) is 0 Å². The van der Waals surface area contributed by atoms with Crippen molar-refractivity contribution in [3.63, 3.8) is 0 Å². The van der Waals surface area contributed by atoms with Gasteiger partial charge in [0.1, 0.15) is 5.78 Å². The number of nitrogens with one attached hydrogen (secondary N) is 1. The van der Waals surface area contributed by atoms with E-state index in [-0.39, 0.29) is 17.9 Å². The van der Waals surface area contributed by atoms with Crippen molar-refractivity contribution < 1.29 is 9.53 Å². The van der Waals surface area contributed by atoms with Crippen LogP contribution in [0.1, 0.15) is 20.8 Å². The van der Waals surface area contributed by atoms with Crippen LogP contribution in [0.4, 0.5) is 0 Å². The monoisotopic (exact) mass is 159 g/mol. The Bertz CT molecular complexity index is 125. The summed E-state index contributed by atoms with van der Waals surface area (Å²) in [6, 6.07) is -0.171. The molecule has 3 heteroatoms. The fourth-order valence-corrected chi connectivity index (χ4v) is 1.13. The van der Waals surface area contributed by atoms with Crippen molar-refractivity contribution in [2.24, 2.45) is 0 Å². The summed E-state index contributed by atoms with van der Waals surface area (Å²) in [5.74, 6) is 0.119. The molecule has 0 spiro atoms. The number of hydrogen-bond acceptors (Lipinski definition) is 3. The zero-order chi connectivity index (χ0) is 8.85. The van der Waals surface area contributed by atoms with Crippen LogP contribution in [0.2, 0.25) is 0 Å². The van der Waals surface area contributed by atoms with Crippen molar-refractivity contribution in [2.75, 3.05) is 13.7 Å². The number of hydrogen-bond donors (Lipinski definition) is 1. The first-order valence-electron chi connectivity index (χ1n) is 3.92. The van der Waals surface area contributed by atoms with Crippen LogP contribution in [0, 0.1) is 0 Å². The molecule has 11 heavy (non-hydrogen) atoms. The molecule has 0 aromatic heterocycles. The van der Waals surface area contributed by atoms with Crippen LogP contribution in [0.25, 0.3) is 0 Å². The van der Waals surface area contributed by atoms with E-state index in [0.29, 0.717) is 6.61 Å². The van der Waals surface area contributed by atoms with Gasteiger partial charge >= 0.3 is 0 Å². The van der Waals surface area contributed by atoms with Crippen molar-refractivity contribution in [1.82, 2.24) is 5.32 Å². The Kier molecular flexibility index (Phi) is 5.07. The summed E-state index contributed by atoms with van der Waals surface area (Å²) in [7, 11) is 1.77. The summed E-state index contributed by atoms with van der Waals surface area (Å²) in [6.07, 6.45) is -0.0394. The maximum atomic E-state index is 10.9. The first-order chi connectivity index (χ1) is 5.13. The van der Waals surface area contributed by atoms with E-state index in [4.69, 9.17) is 4.74 Å². The third-order valence-corrected chi connectivity index (χ3v) is 1.65. The largest absolute Gasteiger partial charge is 0.377 e. The van der Waals surface area contributed by atoms with Gasteiger partial charge in [0.15, 0.2) is 0 Å². The van der Waals surface area contributed by atoms with E-state index >= 15 is 0 Å². The fraction of sp³-hybridized carbons (Fsp3) is 0.875. The van der Waals surface area contributed by atoms with Gasteiger partial charge in [-0.15, -0.1) is 0 Å². The van der Waals surface area contributed by atoms with Crippen molar-refractivity contribution in [1.29, 1.82) is 0 Å². The van der Waals surface area contributed by atoms with Gasteiger partial charge in [-0.25, -0.2) is 0 Å².